The van der Waals surface area contributed by atoms with Crippen LogP contribution in [0, 0.1) is 17.6 Å². The molecule has 0 unspecified atom stereocenters. The maximum Gasteiger partial charge on any atom is 0.145 e. The van der Waals surface area contributed by atoms with E-state index >= 15 is 0 Å². The molecule has 0 radical (unpaired) electrons. The molecule has 1 aromatic carbocycles. The van der Waals surface area contributed by atoms with Gasteiger partial charge in [-0.3, -0.25) is 0 Å². The number of hydrogen-bond donors (Lipinski definition) is 0. The molecule has 0 saturated heterocycles. The molecular formula is C14H17F2NO. The summed E-state index contributed by atoms with van der Waals surface area (Å²) in [5, 5.41) is 3.85. The zero-order chi connectivity index (χ0) is 12.8. The van der Waals surface area contributed by atoms with Gasteiger partial charge < -0.3 is 4.84 Å². The summed E-state index contributed by atoms with van der Waals surface area (Å²) < 4.78 is 26.1. The normalized spacial score (nSPS) is 17.2. The molecule has 1 aliphatic rings. The topological polar surface area (TPSA) is 21.6 Å². The van der Waals surface area contributed by atoms with Crippen LogP contribution in [-0.2, 0) is 11.4 Å². The van der Waals surface area contributed by atoms with Gasteiger partial charge in [0.15, 0.2) is 0 Å². The summed E-state index contributed by atoms with van der Waals surface area (Å²) in [7, 11) is 0. The lowest BCUT2D eigenvalue weighted by Crippen LogP contribution is -2.07. The van der Waals surface area contributed by atoms with Crippen LogP contribution in [0.15, 0.2) is 23.4 Å². The number of hydrogen-bond acceptors (Lipinski definition) is 2. The number of nitrogens with zero attached hydrogens (tertiary/aromatic N) is 1. The summed E-state index contributed by atoms with van der Waals surface area (Å²) in [6.07, 6.45) is 7.82. The fourth-order valence-corrected chi connectivity index (χ4v) is 2.17. The van der Waals surface area contributed by atoms with E-state index in [1.807, 2.05) is 0 Å². The summed E-state index contributed by atoms with van der Waals surface area (Å²) >= 11 is 0. The minimum Gasteiger partial charge on any atom is -0.391 e. The molecule has 1 aromatic rings. The molecule has 1 fully saturated rings. The monoisotopic (exact) mass is 253 g/mol. The van der Waals surface area contributed by atoms with Crippen LogP contribution in [0.4, 0.5) is 8.78 Å². The average Bonchev–Trinajstić information content (AvgIpc) is 2.40. The highest BCUT2D eigenvalue weighted by molar-refractivity contribution is 5.59. The lowest BCUT2D eigenvalue weighted by atomic mass is 9.90. The van der Waals surface area contributed by atoms with E-state index in [2.05, 4.69) is 5.16 Å². The van der Waals surface area contributed by atoms with Crippen LogP contribution in [0.3, 0.4) is 0 Å². The Labute approximate surface area is 106 Å². The molecule has 0 aromatic heterocycles. The van der Waals surface area contributed by atoms with Gasteiger partial charge in [-0.1, -0.05) is 24.4 Å². The van der Waals surface area contributed by atoms with Crippen molar-refractivity contribution in [2.24, 2.45) is 11.1 Å². The molecule has 1 aliphatic carbocycles. The Balaban J connectivity index is 1.80. The number of benzene rings is 1. The molecule has 0 bridgehead atoms. The van der Waals surface area contributed by atoms with Gasteiger partial charge in [0, 0.05) is 11.8 Å². The minimum absolute atomic E-state index is 0.0349. The molecule has 2 rings (SSSR count). The summed E-state index contributed by atoms with van der Waals surface area (Å²) in [5.41, 5.74) is 0.191. The molecule has 0 N–H and O–H groups in total. The molecule has 0 atom stereocenters. The second-order valence-electron chi connectivity index (χ2n) is 4.66. The Hall–Kier alpha value is -1.45. The standard InChI is InChI=1S/C14H17F2NO/c15-13-6-7-14(16)12(8-13)10-18-17-9-11-4-2-1-3-5-11/h6-9,11H,1-5,10H2. The predicted molar refractivity (Wildman–Crippen MR) is 66.2 cm³/mol. The van der Waals surface area contributed by atoms with Gasteiger partial charge in [0.2, 0.25) is 0 Å². The van der Waals surface area contributed by atoms with Crippen LogP contribution >= 0.6 is 0 Å². The Bertz CT molecular complexity index is 414. The second kappa shape index (κ2) is 6.47. The third kappa shape index (κ3) is 3.79. The molecule has 0 amide bonds. The Morgan fingerprint density at radius 3 is 2.78 bits per heavy atom. The van der Waals surface area contributed by atoms with E-state index in [-0.39, 0.29) is 12.2 Å². The van der Waals surface area contributed by atoms with Gasteiger partial charge in [0.25, 0.3) is 0 Å². The fourth-order valence-electron chi connectivity index (χ4n) is 2.17. The number of oxime groups is 1. The first kappa shape index (κ1) is 13.0. The van der Waals surface area contributed by atoms with E-state index in [1.165, 1.54) is 19.3 Å². The number of rotatable bonds is 4. The van der Waals surface area contributed by atoms with E-state index in [4.69, 9.17) is 4.84 Å². The van der Waals surface area contributed by atoms with E-state index < -0.39 is 11.6 Å². The highest BCUT2D eigenvalue weighted by atomic mass is 19.1. The number of halogens is 2. The molecule has 4 heteroatoms. The van der Waals surface area contributed by atoms with Crippen molar-refractivity contribution in [2.75, 3.05) is 0 Å². The summed E-state index contributed by atoms with van der Waals surface area (Å²) in [6.45, 7) is -0.0349. The fraction of sp³-hybridized carbons (Fsp3) is 0.500. The van der Waals surface area contributed by atoms with E-state index in [0.29, 0.717) is 5.92 Å². The molecule has 0 heterocycles. The van der Waals surface area contributed by atoms with Crippen LogP contribution in [0.1, 0.15) is 37.7 Å². The third-order valence-corrected chi connectivity index (χ3v) is 3.22. The quantitative estimate of drug-likeness (QED) is 0.586. The molecule has 0 aliphatic heterocycles. The highest BCUT2D eigenvalue weighted by Gasteiger charge is 2.10. The molecule has 1 saturated carbocycles. The smallest absolute Gasteiger partial charge is 0.145 e. The SMILES string of the molecule is Fc1ccc(F)c(CON=CC2CCCCC2)c1. The molecule has 18 heavy (non-hydrogen) atoms. The lowest BCUT2D eigenvalue weighted by Gasteiger charge is -2.16. The van der Waals surface area contributed by atoms with E-state index in [9.17, 15) is 8.78 Å². The van der Waals surface area contributed by atoms with Crippen LogP contribution < -0.4 is 0 Å². The highest BCUT2D eigenvalue weighted by Crippen LogP contribution is 2.22. The van der Waals surface area contributed by atoms with Crippen LogP contribution in [0.2, 0.25) is 0 Å². The zero-order valence-electron chi connectivity index (χ0n) is 10.2. The van der Waals surface area contributed by atoms with Gasteiger partial charge in [-0.2, -0.15) is 0 Å². The van der Waals surface area contributed by atoms with Gasteiger partial charge in [-0.05, 0) is 37.0 Å². The Kier molecular flexibility index (Phi) is 4.67. The molecular weight excluding hydrogens is 236 g/mol. The second-order valence-corrected chi connectivity index (χ2v) is 4.66. The molecule has 98 valence electrons. The van der Waals surface area contributed by atoms with Gasteiger partial charge in [-0.15, -0.1) is 0 Å². The van der Waals surface area contributed by atoms with Gasteiger partial charge in [-0.25, -0.2) is 8.78 Å². The summed E-state index contributed by atoms with van der Waals surface area (Å²) in [5.74, 6) is -0.466. The van der Waals surface area contributed by atoms with Gasteiger partial charge in [0.05, 0.1) is 0 Å². The Morgan fingerprint density at radius 2 is 2.00 bits per heavy atom. The zero-order valence-corrected chi connectivity index (χ0v) is 10.2. The summed E-state index contributed by atoms with van der Waals surface area (Å²) in [6, 6.07) is 3.31. The van der Waals surface area contributed by atoms with Crippen molar-refractivity contribution in [3.63, 3.8) is 0 Å². The van der Waals surface area contributed by atoms with Crippen LogP contribution in [0.25, 0.3) is 0 Å². The van der Waals surface area contributed by atoms with Crippen molar-refractivity contribution < 1.29 is 13.6 Å². The van der Waals surface area contributed by atoms with Crippen molar-refractivity contribution in [3.8, 4) is 0 Å². The van der Waals surface area contributed by atoms with Gasteiger partial charge >= 0.3 is 0 Å². The average molecular weight is 253 g/mol. The van der Waals surface area contributed by atoms with E-state index in [1.54, 1.807) is 6.21 Å². The third-order valence-electron chi connectivity index (χ3n) is 3.22. The first-order valence-corrected chi connectivity index (χ1v) is 6.35. The van der Waals surface area contributed by atoms with Crippen LogP contribution in [0.5, 0.6) is 0 Å². The van der Waals surface area contributed by atoms with Gasteiger partial charge in [0.1, 0.15) is 18.2 Å². The maximum atomic E-state index is 13.3. The van der Waals surface area contributed by atoms with Crippen molar-refractivity contribution in [1.29, 1.82) is 0 Å². The van der Waals surface area contributed by atoms with E-state index in [0.717, 1.165) is 31.0 Å². The largest absolute Gasteiger partial charge is 0.391 e. The van der Waals surface area contributed by atoms with Crippen LogP contribution in [-0.4, -0.2) is 6.21 Å². The van der Waals surface area contributed by atoms with Crippen molar-refractivity contribution >= 4 is 6.21 Å². The molecule has 2 nitrogen and oxygen atoms in total. The van der Waals surface area contributed by atoms with Crippen molar-refractivity contribution in [2.45, 2.75) is 38.7 Å². The first-order chi connectivity index (χ1) is 8.75. The van der Waals surface area contributed by atoms with Crippen molar-refractivity contribution in [3.05, 3.63) is 35.4 Å². The predicted octanol–water partition coefficient (Wildman–Crippen LogP) is 4.05. The summed E-state index contributed by atoms with van der Waals surface area (Å²) in [4.78, 5) is 5.02. The minimum atomic E-state index is -0.468. The molecule has 0 spiro atoms. The maximum absolute atomic E-state index is 13.3. The first-order valence-electron chi connectivity index (χ1n) is 6.35. The van der Waals surface area contributed by atoms with Crippen molar-refractivity contribution in [1.82, 2.24) is 0 Å². The Morgan fingerprint density at radius 1 is 1.22 bits per heavy atom. The lowest BCUT2D eigenvalue weighted by molar-refractivity contribution is 0.127.